The zero-order valence-corrected chi connectivity index (χ0v) is 24.8. The second-order valence-corrected chi connectivity index (χ2v) is 13.2. The quantitative estimate of drug-likeness (QED) is 0.202. The zero-order chi connectivity index (χ0) is 26.7. The van der Waals surface area contributed by atoms with E-state index in [1.54, 1.807) is 6.08 Å². The molecule has 0 saturated heterocycles. The van der Waals surface area contributed by atoms with E-state index in [0.29, 0.717) is 33.5 Å². The number of nitrogens with zero attached hydrogens (tertiary/aromatic N) is 1. The second-order valence-electron chi connectivity index (χ2n) is 13.2. The summed E-state index contributed by atoms with van der Waals surface area (Å²) in [4.78, 5) is 0. The van der Waals surface area contributed by atoms with Crippen LogP contribution in [0.4, 0.5) is 0 Å². The van der Waals surface area contributed by atoms with Crippen LogP contribution in [-0.2, 0) is 0 Å². The molecule has 0 aliphatic heterocycles. The highest BCUT2D eigenvalue weighted by Crippen LogP contribution is 2.75. The Morgan fingerprint density at radius 1 is 0.829 bits per heavy atom. The van der Waals surface area contributed by atoms with Gasteiger partial charge >= 0.3 is 0 Å². The maximum atomic E-state index is 9.51. The van der Waals surface area contributed by atoms with Crippen molar-refractivity contribution in [1.82, 2.24) is 0 Å². The van der Waals surface area contributed by atoms with Crippen LogP contribution in [-0.4, -0.2) is 23.1 Å². The minimum absolute atomic E-state index is 0.436. The number of aliphatic hydroxyl groups is 1. The van der Waals surface area contributed by atoms with Gasteiger partial charge in [0.1, 0.15) is 0 Å². The molecule has 9 atom stereocenters. The molecule has 8 unspecified atom stereocenters. The van der Waals surface area contributed by atoms with Gasteiger partial charge in [0.15, 0.2) is 0 Å². The molecule has 0 spiro atoms. The maximum Gasteiger partial charge on any atom is 0.0602 e. The highest BCUT2D eigenvalue weighted by molar-refractivity contribution is 5.87. The molecule has 3 nitrogen and oxygen atoms in total. The molecule has 0 aromatic carbocycles. The van der Waals surface area contributed by atoms with Crippen LogP contribution >= 0.6 is 0 Å². The summed E-state index contributed by atoms with van der Waals surface area (Å²) in [5.41, 5.74) is 3.20. The first-order valence-corrected chi connectivity index (χ1v) is 14.8. The van der Waals surface area contributed by atoms with Crippen molar-refractivity contribution < 1.29 is 10.3 Å². The van der Waals surface area contributed by atoms with Crippen molar-refractivity contribution in [1.29, 1.82) is 0 Å². The van der Waals surface area contributed by atoms with Crippen LogP contribution in [0, 0.1) is 51.2 Å². The lowest BCUT2D eigenvalue weighted by Crippen LogP contribution is -2.64. The van der Waals surface area contributed by atoms with Gasteiger partial charge in [-0.25, -0.2) is 0 Å². The number of hydrogen-bond acceptors (Lipinski definition) is 3. The third-order valence-corrected chi connectivity index (χ3v) is 12.3. The predicted molar refractivity (Wildman–Crippen MR) is 151 cm³/mol. The lowest BCUT2D eigenvalue weighted by molar-refractivity contribution is -0.218. The van der Waals surface area contributed by atoms with Crippen molar-refractivity contribution in [3.8, 4) is 0 Å². The number of aliphatic hydroxyl groups excluding tert-OH is 1. The molecule has 0 aromatic heterocycles. The monoisotopic (exact) mass is 489 g/mol. The Morgan fingerprint density at radius 3 is 2.06 bits per heavy atom. The van der Waals surface area contributed by atoms with E-state index < -0.39 is 0 Å². The van der Waals surface area contributed by atoms with Gasteiger partial charge in [0, 0.05) is 13.0 Å². The molecular formula is C32H59NO2. The van der Waals surface area contributed by atoms with E-state index in [1.165, 1.54) is 64.2 Å². The topological polar surface area (TPSA) is 52.8 Å². The molecule has 5 fully saturated rings. The van der Waals surface area contributed by atoms with Crippen molar-refractivity contribution >= 4 is 5.71 Å². The van der Waals surface area contributed by atoms with Gasteiger partial charge in [0.25, 0.3) is 0 Å². The van der Waals surface area contributed by atoms with Gasteiger partial charge in [0.05, 0.1) is 5.71 Å². The third-order valence-electron chi connectivity index (χ3n) is 12.3. The summed E-state index contributed by atoms with van der Waals surface area (Å²) >= 11 is 0. The number of oxime groups is 1. The zero-order valence-electron chi connectivity index (χ0n) is 24.8. The van der Waals surface area contributed by atoms with Crippen molar-refractivity contribution in [2.24, 2.45) is 56.4 Å². The van der Waals surface area contributed by atoms with Gasteiger partial charge in [-0.1, -0.05) is 66.1 Å². The fourth-order valence-electron chi connectivity index (χ4n) is 10.5. The molecule has 5 saturated carbocycles. The Balaban J connectivity index is 0.000000563. The smallest absolute Gasteiger partial charge is 0.0602 e. The standard InChI is InChI=1S/C26H43NO.C3H6.C2H6.CH4O/c1-17-18-10-14-26(5)22(24(18,3)13-11-21(17)27-28)9-8-20-19-7-6-12-23(19,2)15-16-25(20,26)4;1-3-2;2*1-2/h17-20,22,28H,6-16H2,1-5H3;3H,1H2,2H3;1-2H3;2H,1H3/b27-21+;;;/t17?,18?,19?,20?,22?,23?,24?,25-,26?;;;/m1.../s1. The minimum atomic E-state index is 0.436. The Hall–Kier alpha value is -0.830. The average Bonchev–Trinajstić information content (AvgIpc) is 3.25. The van der Waals surface area contributed by atoms with E-state index in [9.17, 15) is 5.21 Å². The van der Waals surface area contributed by atoms with Crippen LogP contribution in [0.3, 0.4) is 0 Å². The van der Waals surface area contributed by atoms with E-state index in [0.717, 1.165) is 37.0 Å². The number of hydrogen-bond donors (Lipinski definition) is 2. The second kappa shape index (κ2) is 11.7. The Labute approximate surface area is 218 Å². The largest absolute Gasteiger partial charge is 0.411 e. The number of allylic oxidation sites excluding steroid dienone is 1. The van der Waals surface area contributed by atoms with E-state index in [2.05, 4.69) is 46.4 Å². The van der Waals surface area contributed by atoms with Crippen LogP contribution in [0.2, 0.25) is 0 Å². The summed E-state index contributed by atoms with van der Waals surface area (Å²) < 4.78 is 0. The molecule has 0 bridgehead atoms. The van der Waals surface area contributed by atoms with Crippen molar-refractivity contribution in [3.63, 3.8) is 0 Å². The van der Waals surface area contributed by atoms with Crippen molar-refractivity contribution in [2.45, 2.75) is 126 Å². The lowest BCUT2D eigenvalue weighted by atomic mass is 9.33. The van der Waals surface area contributed by atoms with Gasteiger partial charge in [0.2, 0.25) is 0 Å². The molecular weight excluding hydrogens is 430 g/mol. The Kier molecular flexibility index (Phi) is 10.2. The van der Waals surface area contributed by atoms with Gasteiger partial charge < -0.3 is 10.3 Å². The van der Waals surface area contributed by atoms with Gasteiger partial charge in [-0.3, -0.25) is 0 Å². The first-order chi connectivity index (χ1) is 16.6. The number of fused-ring (bicyclic) bond motifs is 7. The van der Waals surface area contributed by atoms with Crippen molar-refractivity contribution in [2.75, 3.05) is 7.11 Å². The van der Waals surface area contributed by atoms with Crippen LogP contribution < -0.4 is 0 Å². The molecule has 0 radical (unpaired) electrons. The summed E-state index contributed by atoms with van der Waals surface area (Å²) in [5.74, 6) is 3.99. The number of rotatable bonds is 0. The Bertz CT molecular complexity index is 733. The van der Waals surface area contributed by atoms with E-state index in [4.69, 9.17) is 5.11 Å². The van der Waals surface area contributed by atoms with Gasteiger partial charge in [-0.15, -0.1) is 6.58 Å². The molecule has 0 amide bonds. The first-order valence-electron chi connectivity index (χ1n) is 14.8. The molecule has 5 rings (SSSR count). The first kappa shape index (κ1) is 30.4. The maximum absolute atomic E-state index is 9.51. The molecule has 35 heavy (non-hydrogen) atoms. The Morgan fingerprint density at radius 2 is 1.46 bits per heavy atom. The minimum Gasteiger partial charge on any atom is -0.411 e. The third kappa shape index (κ3) is 4.66. The van der Waals surface area contributed by atoms with Crippen molar-refractivity contribution in [3.05, 3.63) is 12.7 Å². The van der Waals surface area contributed by atoms with E-state index in [-0.39, 0.29) is 0 Å². The summed E-state index contributed by atoms with van der Waals surface area (Å²) in [7, 11) is 1.00. The molecule has 0 aromatic rings. The van der Waals surface area contributed by atoms with Crippen LogP contribution in [0.15, 0.2) is 17.8 Å². The fraction of sp³-hybridized carbons (Fsp3) is 0.906. The molecule has 204 valence electrons. The summed E-state index contributed by atoms with van der Waals surface area (Å²) in [5, 5.41) is 20.2. The normalized spacial score (nSPS) is 48.6. The van der Waals surface area contributed by atoms with Gasteiger partial charge in [-0.2, -0.15) is 0 Å². The predicted octanol–water partition coefficient (Wildman–Crippen LogP) is 9.13. The van der Waals surface area contributed by atoms with Crippen LogP contribution in [0.5, 0.6) is 0 Å². The van der Waals surface area contributed by atoms with Crippen LogP contribution in [0.1, 0.15) is 126 Å². The van der Waals surface area contributed by atoms with E-state index >= 15 is 0 Å². The molecule has 5 aliphatic carbocycles. The highest BCUT2D eigenvalue weighted by Gasteiger charge is 2.68. The highest BCUT2D eigenvalue weighted by atomic mass is 16.4. The molecule has 0 heterocycles. The average molecular weight is 490 g/mol. The molecule has 2 N–H and O–H groups in total. The lowest BCUT2D eigenvalue weighted by Gasteiger charge is -2.71. The summed E-state index contributed by atoms with van der Waals surface area (Å²) in [6.45, 7) is 22.3. The summed E-state index contributed by atoms with van der Waals surface area (Å²) in [6.07, 6.45) is 17.1. The fourth-order valence-corrected chi connectivity index (χ4v) is 10.5. The van der Waals surface area contributed by atoms with Crippen LogP contribution in [0.25, 0.3) is 0 Å². The summed E-state index contributed by atoms with van der Waals surface area (Å²) in [6, 6.07) is 0. The molecule has 5 aliphatic rings. The molecule has 3 heteroatoms. The van der Waals surface area contributed by atoms with E-state index in [1.807, 2.05) is 20.8 Å². The van der Waals surface area contributed by atoms with Gasteiger partial charge in [-0.05, 0) is 116 Å². The SMILES string of the molecule is C=CC.CC.CC1/C(=N/O)CCC2(C)C1CCC1(C)C2CCC2C3CCCC3(C)CC[C@]21C.CO.